The van der Waals surface area contributed by atoms with E-state index in [9.17, 15) is 8.42 Å². The molecule has 0 unspecified atom stereocenters. The highest BCUT2D eigenvalue weighted by Crippen LogP contribution is 2.54. The summed E-state index contributed by atoms with van der Waals surface area (Å²) in [5.41, 5.74) is 6.30. The highest BCUT2D eigenvalue weighted by atomic mass is 35.5. The lowest BCUT2D eigenvalue weighted by atomic mass is 10.1. The predicted molar refractivity (Wildman–Crippen MR) is 76.2 cm³/mol. The van der Waals surface area contributed by atoms with Crippen molar-refractivity contribution in [1.29, 1.82) is 0 Å². The molecule has 4 nitrogen and oxygen atoms in total. The summed E-state index contributed by atoms with van der Waals surface area (Å²) in [4.78, 5) is 0. The Morgan fingerprint density at radius 1 is 1.37 bits per heavy atom. The van der Waals surface area contributed by atoms with Crippen molar-refractivity contribution < 1.29 is 13.2 Å². The molecular weight excluding hydrogens is 286 g/mol. The van der Waals surface area contributed by atoms with Gasteiger partial charge in [0.1, 0.15) is 0 Å². The van der Waals surface area contributed by atoms with Gasteiger partial charge in [0.15, 0.2) is 9.84 Å². The maximum Gasteiger partial charge on any atom is 0.152 e. The molecular formula is C13H18ClNO3S. The van der Waals surface area contributed by atoms with E-state index in [1.807, 2.05) is 19.1 Å². The van der Waals surface area contributed by atoms with Crippen molar-refractivity contribution in [2.24, 2.45) is 5.73 Å². The summed E-state index contributed by atoms with van der Waals surface area (Å²) in [7, 11) is -3.21. The van der Waals surface area contributed by atoms with Crippen LogP contribution in [0.4, 0.5) is 0 Å². The number of ether oxygens (including phenoxy) is 1. The molecule has 0 bridgehead atoms. The van der Waals surface area contributed by atoms with Crippen molar-refractivity contribution in [3.8, 4) is 0 Å². The fourth-order valence-corrected chi connectivity index (χ4v) is 4.64. The third-order valence-electron chi connectivity index (χ3n) is 3.55. The molecule has 0 aromatic heterocycles. The second-order valence-corrected chi connectivity index (χ2v) is 7.63. The smallest absolute Gasteiger partial charge is 0.152 e. The normalized spacial score (nSPS) is 30.3. The third-order valence-corrected chi connectivity index (χ3v) is 5.43. The van der Waals surface area contributed by atoms with Crippen LogP contribution in [0, 0.1) is 0 Å². The average molecular weight is 304 g/mol. The minimum absolute atomic E-state index is 0.230. The summed E-state index contributed by atoms with van der Waals surface area (Å²) < 4.78 is 29.1. The molecule has 3 atom stereocenters. The minimum Gasteiger partial charge on any atom is -0.380 e. The second-order valence-electron chi connectivity index (χ2n) is 5.03. The van der Waals surface area contributed by atoms with Gasteiger partial charge in [-0.1, -0.05) is 23.7 Å². The molecule has 0 spiro atoms. The van der Waals surface area contributed by atoms with E-state index in [-0.39, 0.29) is 12.5 Å². The second kappa shape index (κ2) is 5.05. The molecule has 1 aromatic rings. The van der Waals surface area contributed by atoms with Crippen LogP contribution in [0.5, 0.6) is 0 Å². The summed E-state index contributed by atoms with van der Waals surface area (Å²) in [6.45, 7) is 2.62. The number of rotatable bonds is 5. The molecule has 1 aromatic carbocycles. The van der Waals surface area contributed by atoms with Crippen LogP contribution >= 0.6 is 11.6 Å². The van der Waals surface area contributed by atoms with Gasteiger partial charge in [-0.3, -0.25) is 0 Å². The highest BCUT2D eigenvalue weighted by molar-refractivity contribution is 7.91. The van der Waals surface area contributed by atoms with Crippen molar-refractivity contribution in [2.75, 3.05) is 19.5 Å². The molecule has 0 saturated heterocycles. The van der Waals surface area contributed by atoms with Gasteiger partial charge >= 0.3 is 0 Å². The van der Waals surface area contributed by atoms with E-state index in [1.54, 1.807) is 12.1 Å². The zero-order valence-corrected chi connectivity index (χ0v) is 12.5. The summed E-state index contributed by atoms with van der Waals surface area (Å²) in [5, 5.41) is 0.0282. The molecule has 6 heteroatoms. The Labute approximate surface area is 118 Å². The molecule has 1 aliphatic rings. The summed E-state index contributed by atoms with van der Waals surface area (Å²) in [5.74, 6) is -0.230. The SMILES string of the molecule is CCOC[C@]1(N)[C@H](c2ccc(Cl)cc2)[C@H]1S(C)(=O)=O. The summed E-state index contributed by atoms with van der Waals surface area (Å²) >= 11 is 5.84. The largest absolute Gasteiger partial charge is 0.380 e. The monoisotopic (exact) mass is 303 g/mol. The number of halogens is 1. The number of hydrogen-bond acceptors (Lipinski definition) is 4. The maximum atomic E-state index is 11.9. The molecule has 1 saturated carbocycles. The van der Waals surface area contributed by atoms with E-state index in [0.717, 1.165) is 5.56 Å². The summed E-state index contributed by atoms with van der Waals surface area (Å²) in [6.07, 6.45) is 1.22. The molecule has 1 fully saturated rings. The molecule has 0 radical (unpaired) electrons. The van der Waals surface area contributed by atoms with Gasteiger partial charge in [0, 0.05) is 23.8 Å². The molecule has 2 rings (SSSR count). The van der Waals surface area contributed by atoms with Gasteiger partial charge in [-0.15, -0.1) is 0 Å². The van der Waals surface area contributed by atoms with Gasteiger partial charge in [0.2, 0.25) is 0 Å². The van der Waals surface area contributed by atoms with Crippen LogP contribution in [0.3, 0.4) is 0 Å². The fourth-order valence-electron chi connectivity index (χ4n) is 2.67. The van der Waals surface area contributed by atoms with Crippen LogP contribution in [-0.4, -0.2) is 38.7 Å². The number of sulfone groups is 1. The van der Waals surface area contributed by atoms with Gasteiger partial charge in [-0.25, -0.2) is 8.42 Å². The molecule has 0 aliphatic heterocycles. The van der Waals surface area contributed by atoms with Crippen LogP contribution in [0.2, 0.25) is 5.02 Å². The van der Waals surface area contributed by atoms with Gasteiger partial charge in [-0.05, 0) is 24.6 Å². The van der Waals surface area contributed by atoms with E-state index < -0.39 is 20.6 Å². The third kappa shape index (κ3) is 2.79. The van der Waals surface area contributed by atoms with E-state index >= 15 is 0 Å². The first-order valence-corrected chi connectivity index (χ1v) is 8.45. The van der Waals surface area contributed by atoms with Crippen LogP contribution in [0.25, 0.3) is 0 Å². The Balaban J connectivity index is 2.30. The minimum atomic E-state index is -3.21. The fraction of sp³-hybridized carbons (Fsp3) is 0.538. The van der Waals surface area contributed by atoms with Crippen molar-refractivity contribution in [1.82, 2.24) is 0 Å². The standard InChI is InChI=1S/C13H18ClNO3S/c1-3-18-8-13(15)11(12(13)19(2,16)17)9-4-6-10(14)7-5-9/h4-7,11-12H,3,8,15H2,1-2H3/t11-,12-,13+/m1/s1. The molecule has 1 aliphatic carbocycles. The van der Waals surface area contributed by atoms with Crippen molar-refractivity contribution in [2.45, 2.75) is 23.6 Å². The molecule has 0 heterocycles. The Hall–Kier alpha value is -0.620. The lowest BCUT2D eigenvalue weighted by Gasteiger charge is -2.11. The number of benzene rings is 1. The van der Waals surface area contributed by atoms with Crippen molar-refractivity contribution in [3.05, 3.63) is 34.9 Å². The van der Waals surface area contributed by atoms with Crippen LogP contribution in [-0.2, 0) is 14.6 Å². The quantitative estimate of drug-likeness (QED) is 0.897. The maximum absolute atomic E-state index is 11.9. The topological polar surface area (TPSA) is 69.4 Å². The molecule has 19 heavy (non-hydrogen) atoms. The van der Waals surface area contributed by atoms with E-state index in [4.69, 9.17) is 22.1 Å². The van der Waals surface area contributed by atoms with Crippen molar-refractivity contribution in [3.63, 3.8) is 0 Å². The first kappa shape index (κ1) is 14.8. The Morgan fingerprint density at radius 2 is 1.95 bits per heavy atom. The van der Waals surface area contributed by atoms with Crippen LogP contribution in [0.15, 0.2) is 24.3 Å². The van der Waals surface area contributed by atoms with Gasteiger partial charge < -0.3 is 10.5 Å². The lowest BCUT2D eigenvalue weighted by molar-refractivity contribution is 0.125. The zero-order valence-electron chi connectivity index (χ0n) is 11.0. The van der Waals surface area contributed by atoms with Crippen LogP contribution < -0.4 is 5.73 Å². The van der Waals surface area contributed by atoms with Crippen LogP contribution in [0.1, 0.15) is 18.4 Å². The van der Waals surface area contributed by atoms with E-state index in [2.05, 4.69) is 0 Å². The Morgan fingerprint density at radius 3 is 2.42 bits per heavy atom. The summed E-state index contributed by atoms with van der Waals surface area (Å²) in [6, 6.07) is 7.14. The number of nitrogens with two attached hydrogens (primary N) is 1. The Bertz CT molecular complexity index is 558. The predicted octanol–water partition coefficient (Wildman–Crippen LogP) is 1.58. The van der Waals surface area contributed by atoms with E-state index in [1.165, 1.54) is 6.26 Å². The number of hydrogen-bond donors (Lipinski definition) is 1. The average Bonchev–Trinajstić information content (AvgIpc) is 2.95. The molecule has 106 valence electrons. The zero-order chi connectivity index (χ0) is 14.3. The molecule has 2 N–H and O–H groups in total. The van der Waals surface area contributed by atoms with Gasteiger partial charge in [-0.2, -0.15) is 0 Å². The lowest BCUT2D eigenvalue weighted by Crippen LogP contribution is -2.36. The van der Waals surface area contributed by atoms with E-state index in [0.29, 0.717) is 11.6 Å². The van der Waals surface area contributed by atoms with Crippen molar-refractivity contribution >= 4 is 21.4 Å². The van der Waals surface area contributed by atoms with Gasteiger partial charge in [0.25, 0.3) is 0 Å². The highest BCUT2D eigenvalue weighted by Gasteiger charge is 2.67. The van der Waals surface area contributed by atoms with Gasteiger partial charge in [0.05, 0.1) is 17.4 Å². The first-order valence-electron chi connectivity index (χ1n) is 6.11. The first-order chi connectivity index (χ1) is 8.80. The molecule has 0 amide bonds. The Kier molecular flexibility index (Phi) is 3.93.